The van der Waals surface area contributed by atoms with Crippen molar-refractivity contribution in [2.24, 2.45) is 0 Å². The Bertz CT molecular complexity index is 736. The van der Waals surface area contributed by atoms with E-state index in [2.05, 4.69) is 113 Å². The third-order valence-electron chi connectivity index (χ3n) is 4.49. The molecule has 0 spiro atoms. The third kappa shape index (κ3) is 4.33. The van der Waals surface area contributed by atoms with Gasteiger partial charge in [-0.3, -0.25) is 0 Å². The number of allylic oxidation sites excluding steroid dienone is 3. The van der Waals surface area contributed by atoms with Gasteiger partial charge in [-0.2, -0.15) is 0 Å². The summed E-state index contributed by atoms with van der Waals surface area (Å²) in [6, 6.07) is 13.4. The summed E-state index contributed by atoms with van der Waals surface area (Å²) in [6.45, 7) is 6.43. The van der Waals surface area contributed by atoms with Crippen LogP contribution in [-0.4, -0.2) is 28.2 Å². The number of hydrogen-bond donors (Lipinski definition) is 0. The molecule has 0 aromatic heterocycles. The number of nitrogens with zero attached hydrogens (tertiary/aromatic N) is 2. The Morgan fingerprint density at radius 3 is 1.52 bits per heavy atom. The van der Waals surface area contributed by atoms with E-state index in [-0.39, 0.29) is 0 Å². The molecule has 0 amide bonds. The molecule has 0 aliphatic carbocycles. The minimum atomic E-state index is 1.23. The molecule has 2 aromatic rings. The SMILES string of the molecule is C/C=C/C=C(c1ccc(N(C)C)cc1C)c1ccc(N(C)C)cc1C. The van der Waals surface area contributed by atoms with Gasteiger partial charge >= 0.3 is 0 Å². The molecule has 0 heterocycles. The summed E-state index contributed by atoms with van der Waals surface area (Å²) in [6.07, 6.45) is 6.41. The summed E-state index contributed by atoms with van der Waals surface area (Å²) in [5.41, 5.74) is 8.87. The van der Waals surface area contributed by atoms with Crippen LogP contribution in [0.15, 0.2) is 54.6 Å². The van der Waals surface area contributed by atoms with Crippen LogP contribution in [0.3, 0.4) is 0 Å². The van der Waals surface area contributed by atoms with Gasteiger partial charge in [-0.15, -0.1) is 0 Å². The van der Waals surface area contributed by atoms with Gasteiger partial charge in [0.2, 0.25) is 0 Å². The number of rotatable bonds is 5. The molecular formula is C23H30N2. The Morgan fingerprint density at radius 1 is 0.760 bits per heavy atom. The molecule has 132 valence electrons. The molecule has 0 fully saturated rings. The smallest absolute Gasteiger partial charge is 0.0364 e. The molecule has 2 nitrogen and oxygen atoms in total. The summed E-state index contributed by atoms with van der Waals surface area (Å²) in [7, 11) is 8.31. The van der Waals surface area contributed by atoms with E-state index in [1.165, 1.54) is 39.2 Å². The Balaban J connectivity index is 2.59. The lowest BCUT2D eigenvalue weighted by Gasteiger charge is -2.19. The lowest BCUT2D eigenvalue weighted by atomic mass is 9.90. The van der Waals surface area contributed by atoms with Crippen LogP contribution >= 0.6 is 0 Å². The zero-order valence-electron chi connectivity index (χ0n) is 16.6. The largest absolute Gasteiger partial charge is 0.378 e. The quantitative estimate of drug-likeness (QED) is 0.671. The molecule has 0 aliphatic rings. The van der Waals surface area contributed by atoms with Gasteiger partial charge in [0, 0.05) is 39.6 Å². The predicted molar refractivity (Wildman–Crippen MR) is 113 cm³/mol. The highest BCUT2D eigenvalue weighted by molar-refractivity contribution is 5.85. The first-order valence-corrected chi connectivity index (χ1v) is 8.74. The minimum Gasteiger partial charge on any atom is -0.378 e. The summed E-state index contributed by atoms with van der Waals surface area (Å²) in [5.74, 6) is 0. The lowest BCUT2D eigenvalue weighted by molar-refractivity contribution is 1.12. The van der Waals surface area contributed by atoms with Crippen LogP contribution in [0.4, 0.5) is 11.4 Å². The van der Waals surface area contributed by atoms with E-state index < -0.39 is 0 Å². The van der Waals surface area contributed by atoms with Gasteiger partial charge in [0.1, 0.15) is 0 Å². The summed E-state index contributed by atoms with van der Waals surface area (Å²) < 4.78 is 0. The molecule has 25 heavy (non-hydrogen) atoms. The summed E-state index contributed by atoms with van der Waals surface area (Å²) in [5, 5.41) is 0. The first kappa shape index (κ1) is 18.9. The Kier molecular flexibility index (Phi) is 6.08. The molecular weight excluding hydrogens is 304 g/mol. The predicted octanol–water partition coefficient (Wildman–Crippen LogP) is 5.44. The Hall–Kier alpha value is -2.48. The normalized spacial score (nSPS) is 10.8. The molecule has 0 unspecified atom stereocenters. The first-order chi connectivity index (χ1) is 11.8. The molecule has 2 aromatic carbocycles. The van der Waals surface area contributed by atoms with Crippen molar-refractivity contribution >= 4 is 16.9 Å². The average Bonchev–Trinajstić information content (AvgIpc) is 2.56. The fourth-order valence-electron chi connectivity index (χ4n) is 2.97. The minimum absolute atomic E-state index is 1.23. The van der Waals surface area contributed by atoms with Crippen molar-refractivity contribution in [3.05, 3.63) is 76.9 Å². The average molecular weight is 335 g/mol. The van der Waals surface area contributed by atoms with Gasteiger partial charge in [-0.25, -0.2) is 0 Å². The van der Waals surface area contributed by atoms with Gasteiger partial charge in [0.25, 0.3) is 0 Å². The van der Waals surface area contributed by atoms with Crippen molar-refractivity contribution in [2.75, 3.05) is 38.0 Å². The zero-order valence-corrected chi connectivity index (χ0v) is 16.6. The molecule has 0 saturated heterocycles. The highest BCUT2D eigenvalue weighted by atomic mass is 15.1. The van der Waals surface area contributed by atoms with E-state index >= 15 is 0 Å². The van der Waals surface area contributed by atoms with Gasteiger partial charge < -0.3 is 9.80 Å². The highest BCUT2D eigenvalue weighted by Crippen LogP contribution is 2.32. The van der Waals surface area contributed by atoms with Crippen molar-refractivity contribution in [3.63, 3.8) is 0 Å². The number of aryl methyl sites for hydroxylation is 2. The van der Waals surface area contributed by atoms with Crippen LogP contribution in [0.1, 0.15) is 29.2 Å². The highest BCUT2D eigenvalue weighted by Gasteiger charge is 2.12. The van der Waals surface area contributed by atoms with Gasteiger partial charge in [-0.1, -0.05) is 30.4 Å². The van der Waals surface area contributed by atoms with Crippen molar-refractivity contribution in [3.8, 4) is 0 Å². The van der Waals surface area contributed by atoms with E-state index in [9.17, 15) is 0 Å². The standard InChI is InChI=1S/C23H30N2/c1-8-9-10-23(21-13-11-19(24(4)5)15-17(21)2)22-14-12-20(25(6)7)16-18(22)3/h8-16H,1-7H3/b9-8+. The summed E-state index contributed by atoms with van der Waals surface area (Å²) >= 11 is 0. The van der Waals surface area contributed by atoms with E-state index in [4.69, 9.17) is 0 Å². The van der Waals surface area contributed by atoms with Crippen LogP contribution in [0.2, 0.25) is 0 Å². The zero-order chi connectivity index (χ0) is 18.6. The fraction of sp³-hybridized carbons (Fsp3) is 0.304. The topological polar surface area (TPSA) is 6.48 Å². The second-order valence-corrected chi connectivity index (χ2v) is 6.89. The van der Waals surface area contributed by atoms with Gasteiger partial charge in [-0.05, 0) is 72.9 Å². The van der Waals surface area contributed by atoms with Crippen LogP contribution in [0.5, 0.6) is 0 Å². The first-order valence-electron chi connectivity index (χ1n) is 8.74. The molecule has 0 saturated carbocycles. The van der Waals surface area contributed by atoms with E-state index in [1.807, 2.05) is 0 Å². The molecule has 0 atom stereocenters. The molecule has 0 aliphatic heterocycles. The number of hydrogen-bond acceptors (Lipinski definition) is 2. The Labute approximate surface area is 153 Å². The molecule has 0 bridgehead atoms. The lowest BCUT2D eigenvalue weighted by Crippen LogP contribution is -2.09. The fourth-order valence-corrected chi connectivity index (χ4v) is 2.97. The molecule has 2 rings (SSSR count). The molecule has 0 N–H and O–H groups in total. The van der Waals surface area contributed by atoms with E-state index in [0.29, 0.717) is 0 Å². The number of benzene rings is 2. The van der Waals surface area contributed by atoms with Gasteiger partial charge in [0.05, 0.1) is 0 Å². The van der Waals surface area contributed by atoms with E-state index in [1.54, 1.807) is 0 Å². The second-order valence-electron chi connectivity index (χ2n) is 6.89. The third-order valence-corrected chi connectivity index (χ3v) is 4.49. The molecule has 0 radical (unpaired) electrons. The van der Waals surface area contributed by atoms with Crippen LogP contribution < -0.4 is 9.80 Å². The Morgan fingerprint density at radius 2 is 1.20 bits per heavy atom. The van der Waals surface area contributed by atoms with Crippen molar-refractivity contribution in [1.29, 1.82) is 0 Å². The van der Waals surface area contributed by atoms with Crippen LogP contribution in [0, 0.1) is 13.8 Å². The second kappa shape index (κ2) is 8.06. The van der Waals surface area contributed by atoms with E-state index in [0.717, 1.165) is 0 Å². The molecule has 2 heteroatoms. The maximum absolute atomic E-state index is 2.25. The van der Waals surface area contributed by atoms with Crippen LogP contribution in [0.25, 0.3) is 5.57 Å². The summed E-state index contributed by atoms with van der Waals surface area (Å²) in [4.78, 5) is 4.28. The van der Waals surface area contributed by atoms with Crippen molar-refractivity contribution in [1.82, 2.24) is 0 Å². The monoisotopic (exact) mass is 334 g/mol. The van der Waals surface area contributed by atoms with Crippen molar-refractivity contribution in [2.45, 2.75) is 20.8 Å². The van der Waals surface area contributed by atoms with Crippen LogP contribution in [-0.2, 0) is 0 Å². The van der Waals surface area contributed by atoms with Gasteiger partial charge in [0.15, 0.2) is 0 Å². The maximum atomic E-state index is 2.25. The van der Waals surface area contributed by atoms with Crippen molar-refractivity contribution < 1.29 is 0 Å². The number of anilines is 2. The maximum Gasteiger partial charge on any atom is 0.0364 e.